The number of hydrogen-bond donors (Lipinski definition) is 1. The molecule has 3 aromatic rings. The minimum atomic E-state index is -0.607. The van der Waals surface area contributed by atoms with Gasteiger partial charge in [0.25, 0.3) is 5.91 Å². The van der Waals surface area contributed by atoms with E-state index in [-0.39, 0.29) is 11.8 Å². The van der Waals surface area contributed by atoms with Crippen LogP contribution in [0.2, 0.25) is 0 Å². The van der Waals surface area contributed by atoms with Gasteiger partial charge in [-0.25, -0.2) is 0 Å². The molecule has 0 saturated carbocycles. The molecule has 2 amide bonds. The number of ether oxygens (including phenoxy) is 2. The summed E-state index contributed by atoms with van der Waals surface area (Å²) in [6.45, 7) is 4.51. The molecule has 2 heterocycles. The standard InChI is InChI=1S/C24H24N2O4S/c1-16-5-8-19(9-6-16)29-12-11-26-21-10-7-18(14-22(21)30-17(2)24(26)28)25-23(27)15-20-4-3-13-31-20/h3-10,13-14,17H,11-12,15H2,1-2H3,(H,25,27). The molecule has 160 valence electrons. The van der Waals surface area contributed by atoms with Crippen molar-refractivity contribution in [1.29, 1.82) is 0 Å². The van der Waals surface area contributed by atoms with E-state index in [1.165, 1.54) is 0 Å². The first-order valence-corrected chi connectivity index (χ1v) is 11.0. The van der Waals surface area contributed by atoms with Crippen molar-refractivity contribution in [2.45, 2.75) is 26.4 Å². The third-order valence-corrected chi connectivity index (χ3v) is 5.85. The molecule has 0 radical (unpaired) electrons. The summed E-state index contributed by atoms with van der Waals surface area (Å²) in [5.41, 5.74) is 2.47. The van der Waals surface area contributed by atoms with Gasteiger partial charge >= 0.3 is 0 Å². The summed E-state index contributed by atoms with van der Waals surface area (Å²) in [5.74, 6) is 1.12. The van der Waals surface area contributed by atoms with E-state index in [1.54, 1.807) is 41.4 Å². The number of benzene rings is 2. The highest BCUT2D eigenvalue weighted by atomic mass is 32.1. The molecule has 1 unspecified atom stereocenters. The van der Waals surface area contributed by atoms with Crippen molar-refractivity contribution in [2.75, 3.05) is 23.4 Å². The molecule has 1 aliphatic heterocycles. The lowest BCUT2D eigenvalue weighted by molar-refractivity contribution is -0.125. The summed E-state index contributed by atoms with van der Waals surface area (Å²) < 4.78 is 11.6. The Hall–Kier alpha value is -3.32. The van der Waals surface area contributed by atoms with Crippen molar-refractivity contribution >= 4 is 34.5 Å². The zero-order valence-electron chi connectivity index (χ0n) is 17.5. The van der Waals surface area contributed by atoms with Crippen LogP contribution in [0.25, 0.3) is 0 Å². The summed E-state index contributed by atoms with van der Waals surface area (Å²) in [6.07, 6.45) is -0.281. The summed E-state index contributed by atoms with van der Waals surface area (Å²) in [6, 6.07) is 17.0. The number of nitrogens with one attached hydrogen (secondary N) is 1. The second-order valence-electron chi connectivity index (χ2n) is 7.40. The number of amides is 2. The predicted molar refractivity (Wildman–Crippen MR) is 122 cm³/mol. The highest BCUT2D eigenvalue weighted by Crippen LogP contribution is 2.36. The number of carbonyl (C=O) groups excluding carboxylic acids is 2. The second kappa shape index (κ2) is 9.22. The van der Waals surface area contributed by atoms with E-state index in [4.69, 9.17) is 9.47 Å². The van der Waals surface area contributed by atoms with E-state index in [0.717, 1.165) is 16.2 Å². The van der Waals surface area contributed by atoms with E-state index in [9.17, 15) is 9.59 Å². The van der Waals surface area contributed by atoms with Crippen molar-refractivity contribution in [3.8, 4) is 11.5 Å². The molecule has 1 atom stereocenters. The van der Waals surface area contributed by atoms with Crippen molar-refractivity contribution in [1.82, 2.24) is 0 Å². The van der Waals surface area contributed by atoms with Gasteiger partial charge in [-0.05, 0) is 49.6 Å². The van der Waals surface area contributed by atoms with E-state index in [2.05, 4.69) is 5.32 Å². The molecule has 7 heteroatoms. The van der Waals surface area contributed by atoms with Crippen molar-refractivity contribution < 1.29 is 19.1 Å². The number of nitrogens with zero attached hydrogens (tertiary/aromatic N) is 1. The molecule has 4 rings (SSSR count). The van der Waals surface area contributed by atoms with E-state index in [0.29, 0.717) is 36.7 Å². The third-order valence-electron chi connectivity index (χ3n) is 4.97. The maximum atomic E-state index is 12.7. The molecule has 0 spiro atoms. The van der Waals surface area contributed by atoms with Crippen LogP contribution in [0.5, 0.6) is 11.5 Å². The van der Waals surface area contributed by atoms with Gasteiger partial charge in [-0.15, -0.1) is 11.3 Å². The highest BCUT2D eigenvalue weighted by Gasteiger charge is 2.31. The first kappa shape index (κ1) is 20.9. The van der Waals surface area contributed by atoms with Crippen LogP contribution < -0.4 is 19.7 Å². The molecule has 1 aromatic heterocycles. The summed E-state index contributed by atoms with van der Waals surface area (Å²) in [7, 11) is 0. The number of rotatable bonds is 7. The highest BCUT2D eigenvalue weighted by molar-refractivity contribution is 7.10. The van der Waals surface area contributed by atoms with Gasteiger partial charge in [0, 0.05) is 16.6 Å². The van der Waals surface area contributed by atoms with Crippen LogP contribution >= 0.6 is 11.3 Å². The lowest BCUT2D eigenvalue weighted by Gasteiger charge is -2.33. The molecule has 31 heavy (non-hydrogen) atoms. The Bertz CT molecular complexity index is 1060. The number of carbonyl (C=O) groups is 2. The first-order chi connectivity index (χ1) is 15.0. The SMILES string of the molecule is Cc1ccc(OCCN2C(=O)C(C)Oc3cc(NC(=O)Cc4cccs4)ccc32)cc1. The van der Waals surface area contributed by atoms with Gasteiger partial charge in [0.05, 0.1) is 18.7 Å². The maximum Gasteiger partial charge on any atom is 0.267 e. The fraction of sp³-hybridized carbons (Fsp3) is 0.250. The third kappa shape index (κ3) is 5.06. The maximum absolute atomic E-state index is 12.7. The molecule has 0 aliphatic carbocycles. The van der Waals surface area contributed by atoms with Crippen molar-refractivity contribution in [3.63, 3.8) is 0 Å². The van der Waals surface area contributed by atoms with E-state index < -0.39 is 6.10 Å². The van der Waals surface area contributed by atoms with Crippen molar-refractivity contribution in [2.24, 2.45) is 0 Å². The average Bonchev–Trinajstić information content (AvgIpc) is 3.25. The van der Waals surface area contributed by atoms with Gasteiger partial charge in [0.1, 0.15) is 18.1 Å². The predicted octanol–water partition coefficient (Wildman–Crippen LogP) is 4.43. The number of anilines is 2. The summed E-state index contributed by atoms with van der Waals surface area (Å²) >= 11 is 1.55. The largest absolute Gasteiger partial charge is 0.492 e. The van der Waals surface area contributed by atoms with Crippen LogP contribution in [0.3, 0.4) is 0 Å². The van der Waals surface area contributed by atoms with E-state index >= 15 is 0 Å². The minimum absolute atomic E-state index is 0.0920. The normalized spacial score (nSPS) is 15.2. The van der Waals surface area contributed by atoms with Gasteiger partial charge < -0.3 is 19.7 Å². The van der Waals surface area contributed by atoms with Crippen LogP contribution in [0, 0.1) is 6.92 Å². The monoisotopic (exact) mass is 436 g/mol. The minimum Gasteiger partial charge on any atom is -0.492 e. The molecule has 0 saturated heterocycles. The second-order valence-corrected chi connectivity index (χ2v) is 8.43. The summed E-state index contributed by atoms with van der Waals surface area (Å²) in [4.78, 5) is 27.7. The Morgan fingerprint density at radius 3 is 2.74 bits per heavy atom. The first-order valence-electron chi connectivity index (χ1n) is 10.1. The molecule has 1 aliphatic rings. The van der Waals surface area contributed by atoms with Crippen molar-refractivity contribution in [3.05, 3.63) is 70.4 Å². The van der Waals surface area contributed by atoms with Crippen LogP contribution in [0.4, 0.5) is 11.4 Å². The molecule has 1 N–H and O–H groups in total. The van der Waals surface area contributed by atoms with Crippen LogP contribution in [0.1, 0.15) is 17.4 Å². The van der Waals surface area contributed by atoms with Gasteiger partial charge in [0.15, 0.2) is 6.10 Å². The van der Waals surface area contributed by atoms with Gasteiger partial charge in [-0.2, -0.15) is 0 Å². The average molecular weight is 437 g/mol. The van der Waals surface area contributed by atoms with E-state index in [1.807, 2.05) is 48.7 Å². The Labute approximate surface area is 185 Å². The Morgan fingerprint density at radius 2 is 2.00 bits per heavy atom. The number of thiophene rings is 1. The Morgan fingerprint density at radius 1 is 1.19 bits per heavy atom. The Balaban J connectivity index is 1.43. The molecule has 6 nitrogen and oxygen atoms in total. The molecule has 0 fully saturated rings. The van der Waals surface area contributed by atoms with Gasteiger partial charge in [-0.1, -0.05) is 23.8 Å². The van der Waals surface area contributed by atoms with Crippen LogP contribution in [-0.4, -0.2) is 31.1 Å². The smallest absolute Gasteiger partial charge is 0.267 e. The van der Waals surface area contributed by atoms with Crippen LogP contribution in [0.15, 0.2) is 60.0 Å². The lowest BCUT2D eigenvalue weighted by atomic mass is 10.1. The number of fused-ring (bicyclic) bond motifs is 1. The quantitative estimate of drug-likeness (QED) is 0.595. The van der Waals surface area contributed by atoms with Gasteiger partial charge in [-0.3, -0.25) is 9.59 Å². The molecular weight excluding hydrogens is 412 g/mol. The number of aryl methyl sites for hydroxylation is 1. The fourth-order valence-corrected chi connectivity index (χ4v) is 4.09. The lowest BCUT2D eigenvalue weighted by Crippen LogP contribution is -2.46. The number of hydrogen-bond acceptors (Lipinski definition) is 5. The molecule has 0 bridgehead atoms. The zero-order chi connectivity index (χ0) is 21.8. The Kier molecular flexibility index (Phi) is 6.23. The summed E-state index contributed by atoms with van der Waals surface area (Å²) in [5, 5.41) is 4.85. The molecular formula is C24H24N2O4S. The van der Waals surface area contributed by atoms with Crippen LogP contribution in [-0.2, 0) is 16.0 Å². The fourth-order valence-electron chi connectivity index (χ4n) is 3.38. The zero-order valence-corrected chi connectivity index (χ0v) is 18.3. The topological polar surface area (TPSA) is 67.9 Å². The molecule has 2 aromatic carbocycles. The van der Waals surface area contributed by atoms with Gasteiger partial charge in [0.2, 0.25) is 5.91 Å².